The zero-order valence-corrected chi connectivity index (χ0v) is 11.2. The van der Waals surface area contributed by atoms with E-state index in [-0.39, 0.29) is 11.9 Å². The van der Waals surface area contributed by atoms with Gasteiger partial charge in [-0.1, -0.05) is 29.8 Å². The molecule has 1 aliphatic carbocycles. The van der Waals surface area contributed by atoms with Crippen molar-refractivity contribution in [1.29, 1.82) is 0 Å². The zero-order chi connectivity index (χ0) is 13.1. The number of carbonyl (C=O) groups excluding carboxylic acids is 1. The topological polar surface area (TPSA) is 46.3 Å². The first kappa shape index (κ1) is 13.1. The Morgan fingerprint density at radius 2 is 2.22 bits per heavy atom. The fourth-order valence-electron chi connectivity index (χ4n) is 2.21. The van der Waals surface area contributed by atoms with Crippen LogP contribution < -0.4 is 5.73 Å². The third-order valence-corrected chi connectivity index (χ3v) is 3.24. The molecule has 98 valence electrons. The molecule has 3 heteroatoms. The zero-order valence-electron chi connectivity index (χ0n) is 11.2. The highest BCUT2D eigenvalue weighted by atomic mass is 16.2. The molecular weight excluding hydrogens is 224 g/mol. The van der Waals surface area contributed by atoms with Crippen molar-refractivity contribution in [2.45, 2.75) is 51.7 Å². The summed E-state index contributed by atoms with van der Waals surface area (Å²) in [5.74, 6) is 0.189. The normalized spacial score (nSPS) is 16.4. The number of benzene rings is 1. The summed E-state index contributed by atoms with van der Waals surface area (Å²) in [6.07, 6.45) is 2.72. The van der Waals surface area contributed by atoms with E-state index >= 15 is 0 Å². The predicted molar refractivity (Wildman–Crippen MR) is 73.0 cm³/mol. The van der Waals surface area contributed by atoms with Crippen LogP contribution in [0.5, 0.6) is 0 Å². The summed E-state index contributed by atoms with van der Waals surface area (Å²) >= 11 is 0. The van der Waals surface area contributed by atoms with Crippen molar-refractivity contribution in [1.82, 2.24) is 4.90 Å². The van der Waals surface area contributed by atoms with Crippen molar-refractivity contribution in [3.8, 4) is 0 Å². The van der Waals surface area contributed by atoms with Crippen LogP contribution in [0.25, 0.3) is 0 Å². The van der Waals surface area contributed by atoms with E-state index in [1.165, 1.54) is 11.1 Å². The van der Waals surface area contributed by atoms with Gasteiger partial charge in [0.2, 0.25) is 5.91 Å². The molecule has 2 rings (SSSR count). The summed E-state index contributed by atoms with van der Waals surface area (Å²) in [6.45, 7) is 4.68. The lowest BCUT2D eigenvalue weighted by Gasteiger charge is -2.23. The number of hydrogen-bond acceptors (Lipinski definition) is 2. The van der Waals surface area contributed by atoms with Gasteiger partial charge in [0.1, 0.15) is 0 Å². The Hall–Kier alpha value is -1.35. The number of carbonyl (C=O) groups is 1. The van der Waals surface area contributed by atoms with Gasteiger partial charge in [-0.15, -0.1) is 0 Å². The quantitative estimate of drug-likeness (QED) is 0.866. The number of amides is 1. The van der Waals surface area contributed by atoms with Gasteiger partial charge in [0.05, 0.1) is 0 Å². The third kappa shape index (κ3) is 3.57. The van der Waals surface area contributed by atoms with E-state index in [2.05, 4.69) is 25.1 Å². The van der Waals surface area contributed by atoms with Crippen LogP contribution in [0.1, 0.15) is 37.3 Å². The molecule has 1 aromatic rings. The van der Waals surface area contributed by atoms with Crippen LogP contribution in [0.3, 0.4) is 0 Å². The molecule has 3 nitrogen and oxygen atoms in total. The highest BCUT2D eigenvalue weighted by molar-refractivity contribution is 5.77. The molecule has 0 aromatic heterocycles. The average Bonchev–Trinajstić information content (AvgIpc) is 3.08. The predicted octanol–water partition coefficient (Wildman–Crippen LogP) is 2.22. The minimum atomic E-state index is -0.0590. The first-order valence-corrected chi connectivity index (χ1v) is 6.67. The van der Waals surface area contributed by atoms with Gasteiger partial charge in [-0.3, -0.25) is 4.79 Å². The highest BCUT2D eigenvalue weighted by Gasteiger charge is 2.32. The van der Waals surface area contributed by atoms with Crippen LogP contribution in [-0.2, 0) is 11.3 Å². The van der Waals surface area contributed by atoms with Crippen LogP contribution in [0.2, 0.25) is 0 Å². The summed E-state index contributed by atoms with van der Waals surface area (Å²) in [4.78, 5) is 14.2. The van der Waals surface area contributed by atoms with Crippen molar-refractivity contribution in [3.05, 3.63) is 35.4 Å². The monoisotopic (exact) mass is 246 g/mol. The molecule has 0 radical (unpaired) electrons. The fourth-order valence-corrected chi connectivity index (χ4v) is 2.21. The van der Waals surface area contributed by atoms with Gasteiger partial charge in [0, 0.05) is 25.0 Å². The van der Waals surface area contributed by atoms with Crippen molar-refractivity contribution >= 4 is 5.91 Å². The van der Waals surface area contributed by atoms with Gasteiger partial charge >= 0.3 is 0 Å². The van der Waals surface area contributed by atoms with Gasteiger partial charge in [0.25, 0.3) is 0 Å². The van der Waals surface area contributed by atoms with Gasteiger partial charge in [0.15, 0.2) is 0 Å². The van der Waals surface area contributed by atoms with E-state index in [0.29, 0.717) is 12.5 Å². The molecule has 0 aliphatic heterocycles. The molecule has 2 N–H and O–H groups in total. The number of rotatable bonds is 5. The summed E-state index contributed by atoms with van der Waals surface area (Å²) in [7, 11) is 0. The smallest absolute Gasteiger partial charge is 0.224 e. The van der Waals surface area contributed by atoms with Crippen LogP contribution >= 0.6 is 0 Å². The second kappa shape index (κ2) is 5.53. The Bertz CT molecular complexity index is 424. The maximum absolute atomic E-state index is 12.2. The number of hydrogen-bond donors (Lipinski definition) is 1. The van der Waals surface area contributed by atoms with Crippen molar-refractivity contribution in [2.75, 3.05) is 0 Å². The van der Waals surface area contributed by atoms with E-state index in [0.717, 1.165) is 19.4 Å². The maximum Gasteiger partial charge on any atom is 0.224 e. The molecule has 0 saturated heterocycles. The summed E-state index contributed by atoms with van der Waals surface area (Å²) < 4.78 is 0. The largest absolute Gasteiger partial charge is 0.335 e. The lowest BCUT2D eigenvalue weighted by Crippen LogP contribution is -2.36. The molecule has 1 aliphatic rings. The Balaban J connectivity index is 2.04. The molecule has 1 unspecified atom stereocenters. The SMILES string of the molecule is Cc1cccc(CN(C(=O)CC(C)N)C2CC2)c1. The molecule has 18 heavy (non-hydrogen) atoms. The first-order valence-electron chi connectivity index (χ1n) is 6.67. The number of nitrogens with zero attached hydrogens (tertiary/aromatic N) is 1. The lowest BCUT2D eigenvalue weighted by molar-refractivity contribution is -0.132. The lowest BCUT2D eigenvalue weighted by atomic mass is 10.1. The van der Waals surface area contributed by atoms with Crippen molar-refractivity contribution < 1.29 is 4.79 Å². The standard InChI is InChI=1S/C15H22N2O/c1-11-4-3-5-13(8-11)10-17(14-6-7-14)15(18)9-12(2)16/h3-5,8,12,14H,6-7,9-10,16H2,1-2H3. The van der Waals surface area contributed by atoms with Gasteiger partial charge < -0.3 is 10.6 Å². The van der Waals surface area contributed by atoms with E-state index in [1.54, 1.807) is 0 Å². The van der Waals surface area contributed by atoms with Crippen LogP contribution in [0.4, 0.5) is 0 Å². The summed E-state index contributed by atoms with van der Waals surface area (Å²) in [5, 5.41) is 0. The maximum atomic E-state index is 12.2. The molecule has 1 fully saturated rings. The molecule has 1 aromatic carbocycles. The molecule has 1 amide bonds. The highest BCUT2D eigenvalue weighted by Crippen LogP contribution is 2.29. The Morgan fingerprint density at radius 1 is 1.50 bits per heavy atom. The molecule has 1 atom stereocenters. The molecule has 1 saturated carbocycles. The van der Waals surface area contributed by atoms with Crippen LogP contribution in [0, 0.1) is 6.92 Å². The summed E-state index contributed by atoms with van der Waals surface area (Å²) in [5.41, 5.74) is 8.17. The second-order valence-corrected chi connectivity index (χ2v) is 5.42. The van der Waals surface area contributed by atoms with Crippen LogP contribution in [0.15, 0.2) is 24.3 Å². The van der Waals surface area contributed by atoms with E-state index in [4.69, 9.17) is 5.73 Å². The minimum absolute atomic E-state index is 0.0590. The summed E-state index contributed by atoms with van der Waals surface area (Å²) in [6, 6.07) is 8.74. The number of nitrogens with two attached hydrogens (primary N) is 1. The molecule has 0 heterocycles. The van der Waals surface area contributed by atoms with Gasteiger partial charge in [-0.25, -0.2) is 0 Å². The minimum Gasteiger partial charge on any atom is -0.335 e. The molecular formula is C15H22N2O. The van der Waals surface area contributed by atoms with Crippen LogP contribution in [-0.4, -0.2) is 22.9 Å². The van der Waals surface area contributed by atoms with Gasteiger partial charge in [-0.2, -0.15) is 0 Å². The Kier molecular flexibility index (Phi) is 4.02. The fraction of sp³-hybridized carbons (Fsp3) is 0.533. The Labute approximate surface area is 109 Å². The van der Waals surface area contributed by atoms with Crippen molar-refractivity contribution in [3.63, 3.8) is 0 Å². The first-order chi connectivity index (χ1) is 8.56. The average molecular weight is 246 g/mol. The van der Waals surface area contributed by atoms with E-state index in [9.17, 15) is 4.79 Å². The third-order valence-electron chi connectivity index (χ3n) is 3.24. The van der Waals surface area contributed by atoms with E-state index in [1.807, 2.05) is 17.9 Å². The second-order valence-electron chi connectivity index (χ2n) is 5.42. The molecule has 0 bridgehead atoms. The van der Waals surface area contributed by atoms with E-state index < -0.39 is 0 Å². The number of aryl methyl sites for hydroxylation is 1. The van der Waals surface area contributed by atoms with Gasteiger partial charge in [-0.05, 0) is 32.3 Å². The molecule has 0 spiro atoms. The van der Waals surface area contributed by atoms with Crippen molar-refractivity contribution in [2.24, 2.45) is 5.73 Å². The Morgan fingerprint density at radius 3 is 2.78 bits per heavy atom.